The van der Waals surface area contributed by atoms with E-state index in [2.05, 4.69) is 10.6 Å². The quantitative estimate of drug-likeness (QED) is 0.463. The van der Waals surface area contributed by atoms with E-state index in [9.17, 15) is 19.2 Å². The predicted octanol–water partition coefficient (Wildman–Crippen LogP) is 3.97. The Kier molecular flexibility index (Phi) is 7.06. The molecular weight excluding hydrogens is 457 g/mol. The Labute approximate surface area is 194 Å². The number of urea groups is 1. The summed E-state index contributed by atoms with van der Waals surface area (Å²) in [7, 11) is 0. The number of carbonyl (C=O) groups is 4. The summed E-state index contributed by atoms with van der Waals surface area (Å²) in [6.45, 7) is 3.23. The third-order valence-electron chi connectivity index (χ3n) is 4.89. The van der Waals surface area contributed by atoms with Crippen molar-refractivity contribution in [1.29, 1.82) is 0 Å². The number of amides is 4. The lowest BCUT2D eigenvalue weighted by Crippen LogP contribution is -2.42. The maximum Gasteiger partial charge on any atom is 0.338 e. The fraction of sp³-hybridized carbons (Fsp3) is 0.273. The smallest absolute Gasteiger partial charge is 0.338 e. The molecule has 0 radical (unpaired) electrons. The van der Waals surface area contributed by atoms with Crippen LogP contribution in [-0.4, -0.2) is 41.9 Å². The number of rotatable bonds is 7. The maximum atomic E-state index is 13.0. The highest BCUT2D eigenvalue weighted by molar-refractivity contribution is 6.35. The molecular formula is C22H21Cl2N3O5. The van der Waals surface area contributed by atoms with Crippen LogP contribution in [0.25, 0.3) is 0 Å². The molecule has 3 rings (SSSR count). The number of imide groups is 1. The molecule has 0 aromatic heterocycles. The van der Waals surface area contributed by atoms with E-state index in [4.69, 9.17) is 27.9 Å². The van der Waals surface area contributed by atoms with Crippen LogP contribution >= 0.6 is 23.2 Å². The van der Waals surface area contributed by atoms with Crippen molar-refractivity contribution < 1.29 is 23.9 Å². The molecule has 2 aromatic rings. The fourth-order valence-corrected chi connectivity index (χ4v) is 3.83. The molecule has 1 atom stereocenters. The van der Waals surface area contributed by atoms with Gasteiger partial charge in [0.25, 0.3) is 5.91 Å². The average molecular weight is 478 g/mol. The molecule has 10 heteroatoms. The molecule has 0 saturated carbocycles. The number of nitrogens with one attached hydrogen (secondary N) is 2. The van der Waals surface area contributed by atoms with Gasteiger partial charge in [0.1, 0.15) is 12.1 Å². The van der Waals surface area contributed by atoms with E-state index >= 15 is 0 Å². The zero-order chi connectivity index (χ0) is 23.5. The van der Waals surface area contributed by atoms with Crippen LogP contribution in [0.2, 0.25) is 10.0 Å². The van der Waals surface area contributed by atoms with E-state index < -0.39 is 35.9 Å². The zero-order valence-electron chi connectivity index (χ0n) is 17.4. The Morgan fingerprint density at radius 3 is 2.44 bits per heavy atom. The fourth-order valence-electron chi connectivity index (χ4n) is 3.23. The topological polar surface area (TPSA) is 105 Å². The van der Waals surface area contributed by atoms with Crippen molar-refractivity contribution in [2.24, 2.45) is 0 Å². The van der Waals surface area contributed by atoms with Crippen LogP contribution in [0.4, 0.5) is 10.5 Å². The summed E-state index contributed by atoms with van der Waals surface area (Å²) >= 11 is 12.1. The van der Waals surface area contributed by atoms with Crippen LogP contribution in [0.5, 0.6) is 0 Å². The van der Waals surface area contributed by atoms with E-state index in [1.807, 2.05) is 6.92 Å². The van der Waals surface area contributed by atoms with Gasteiger partial charge in [-0.05, 0) is 49.7 Å². The Bertz CT molecular complexity index is 1070. The van der Waals surface area contributed by atoms with Crippen LogP contribution < -0.4 is 10.6 Å². The largest absolute Gasteiger partial charge is 0.462 e. The number of halogens is 2. The van der Waals surface area contributed by atoms with Crippen LogP contribution in [0.1, 0.15) is 36.2 Å². The van der Waals surface area contributed by atoms with E-state index in [1.165, 1.54) is 37.3 Å². The molecule has 2 aromatic carbocycles. The van der Waals surface area contributed by atoms with Gasteiger partial charge >= 0.3 is 12.0 Å². The number of esters is 1. The minimum atomic E-state index is -1.43. The highest BCUT2D eigenvalue weighted by Gasteiger charge is 2.50. The summed E-state index contributed by atoms with van der Waals surface area (Å²) in [5, 5.41) is 5.80. The number of nitrogens with zero attached hydrogens (tertiary/aromatic N) is 1. The van der Waals surface area contributed by atoms with Crippen molar-refractivity contribution in [3.8, 4) is 0 Å². The van der Waals surface area contributed by atoms with Crippen LogP contribution in [0.15, 0.2) is 42.5 Å². The molecule has 1 heterocycles. The summed E-state index contributed by atoms with van der Waals surface area (Å²) in [5.74, 6) is -1.65. The second-order valence-corrected chi connectivity index (χ2v) is 8.18. The Morgan fingerprint density at radius 2 is 1.81 bits per heavy atom. The van der Waals surface area contributed by atoms with Gasteiger partial charge in [-0.25, -0.2) is 9.59 Å². The molecule has 8 nitrogen and oxygen atoms in total. The molecule has 1 aliphatic heterocycles. The van der Waals surface area contributed by atoms with Crippen LogP contribution in [0.3, 0.4) is 0 Å². The van der Waals surface area contributed by atoms with Crippen LogP contribution in [-0.2, 0) is 19.9 Å². The normalized spacial score (nSPS) is 17.8. The second-order valence-electron chi connectivity index (χ2n) is 7.33. The van der Waals surface area contributed by atoms with Gasteiger partial charge in [-0.15, -0.1) is 0 Å². The van der Waals surface area contributed by atoms with Gasteiger partial charge in [0.15, 0.2) is 0 Å². The molecule has 1 aliphatic rings. The van der Waals surface area contributed by atoms with Crippen LogP contribution in [0, 0.1) is 0 Å². The number of carbonyl (C=O) groups excluding carboxylic acids is 4. The molecule has 1 unspecified atom stereocenters. The SMILES string of the molecule is CCCOC(=O)c1ccc(NC(=O)CN2C(=O)NC(C)(c3ccc(Cl)cc3Cl)C2=O)cc1. The van der Waals surface area contributed by atoms with Crippen molar-refractivity contribution in [3.63, 3.8) is 0 Å². The first-order chi connectivity index (χ1) is 15.2. The third kappa shape index (κ3) is 4.87. The van der Waals surface area contributed by atoms with Crippen molar-refractivity contribution in [1.82, 2.24) is 10.2 Å². The monoisotopic (exact) mass is 477 g/mol. The van der Waals surface area contributed by atoms with Gasteiger partial charge in [0, 0.05) is 21.3 Å². The summed E-state index contributed by atoms with van der Waals surface area (Å²) < 4.78 is 5.05. The van der Waals surface area contributed by atoms with Gasteiger partial charge < -0.3 is 15.4 Å². The van der Waals surface area contributed by atoms with Crippen molar-refractivity contribution in [2.45, 2.75) is 25.8 Å². The summed E-state index contributed by atoms with van der Waals surface area (Å²) in [6.07, 6.45) is 0.714. The molecule has 0 aliphatic carbocycles. The lowest BCUT2D eigenvalue weighted by atomic mass is 9.92. The lowest BCUT2D eigenvalue weighted by molar-refractivity contribution is -0.133. The Morgan fingerprint density at radius 1 is 1.12 bits per heavy atom. The first-order valence-electron chi connectivity index (χ1n) is 9.82. The first-order valence-corrected chi connectivity index (χ1v) is 10.6. The molecule has 1 saturated heterocycles. The molecule has 0 bridgehead atoms. The van der Waals surface area contributed by atoms with E-state index in [-0.39, 0.29) is 5.02 Å². The summed E-state index contributed by atoms with van der Waals surface area (Å²) in [5.41, 5.74) is -0.311. The number of benzene rings is 2. The minimum absolute atomic E-state index is 0.220. The lowest BCUT2D eigenvalue weighted by Gasteiger charge is -2.23. The predicted molar refractivity (Wildman–Crippen MR) is 120 cm³/mol. The number of hydrogen-bond donors (Lipinski definition) is 2. The van der Waals surface area contributed by atoms with E-state index in [0.717, 1.165) is 4.90 Å². The second kappa shape index (κ2) is 9.58. The number of ether oxygens (including phenoxy) is 1. The summed E-state index contributed by atoms with van der Waals surface area (Å²) in [4.78, 5) is 50.5. The number of anilines is 1. The summed E-state index contributed by atoms with van der Waals surface area (Å²) in [6, 6.07) is 9.97. The van der Waals surface area contributed by atoms with Gasteiger partial charge in [0.05, 0.1) is 12.2 Å². The standard InChI is InChI=1S/C22H21Cl2N3O5/c1-3-10-32-19(29)13-4-7-15(8-5-13)25-18(28)12-27-20(30)22(2,26-21(27)31)16-9-6-14(23)11-17(16)24/h4-9,11H,3,10,12H2,1-2H3,(H,25,28)(H,26,31). The molecule has 0 spiro atoms. The molecule has 168 valence electrons. The molecule has 4 amide bonds. The molecule has 1 fully saturated rings. The first kappa shape index (κ1) is 23.6. The number of hydrogen-bond acceptors (Lipinski definition) is 5. The Hall–Kier alpha value is -3.10. The highest BCUT2D eigenvalue weighted by Crippen LogP contribution is 2.34. The van der Waals surface area contributed by atoms with Crippen molar-refractivity contribution in [3.05, 3.63) is 63.6 Å². The Balaban J connectivity index is 1.67. The average Bonchev–Trinajstić information content (AvgIpc) is 2.96. The van der Waals surface area contributed by atoms with Crippen molar-refractivity contribution in [2.75, 3.05) is 18.5 Å². The molecule has 2 N–H and O–H groups in total. The van der Waals surface area contributed by atoms with Crippen molar-refractivity contribution >= 4 is 52.7 Å². The maximum absolute atomic E-state index is 13.0. The highest BCUT2D eigenvalue weighted by atomic mass is 35.5. The zero-order valence-corrected chi connectivity index (χ0v) is 18.9. The molecule has 32 heavy (non-hydrogen) atoms. The van der Waals surface area contributed by atoms with E-state index in [1.54, 1.807) is 12.1 Å². The van der Waals surface area contributed by atoms with E-state index in [0.29, 0.717) is 34.9 Å². The third-order valence-corrected chi connectivity index (χ3v) is 5.44. The van der Waals surface area contributed by atoms with Gasteiger partial charge in [0.2, 0.25) is 5.91 Å². The minimum Gasteiger partial charge on any atom is -0.462 e. The van der Waals surface area contributed by atoms with Gasteiger partial charge in [-0.2, -0.15) is 0 Å². The van der Waals surface area contributed by atoms with Gasteiger partial charge in [-0.1, -0.05) is 36.2 Å². The van der Waals surface area contributed by atoms with Gasteiger partial charge in [-0.3, -0.25) is 14.5 Å².